The van der Waals surface area contributed by atoms with E-state index in [2.05, 4.69) is 0 Å². The molecule has 0 aromatic heterocycles. The Balaban J connectivity index is 2.08. The number of nitrogens with two attached hydrogens (primary N) is 2. The van der Waals surface area contributed by atoms with Gasteiger partial charge in [-0.1, -0.05) is 48.5 Å². The first kappa shape index (κ1) is 18.3. The molecule has 0 bridgehead atoms. The monoisotopic (exact) mass is 362 g/mol. The van der Waals surface area contributed by atoms with Crippen molar-refractivity contribution in [2.24, 2.45) is 11.5 Å². The van der Waals surface area contributed by atoms with Gasteiger partial charge < -0.3 is 11.5 Å². The molecule has 4 nitrogen and oxygen atoms in total. The minimum Gasteiger partial charge on any atom is -0.366 e. The van der Waals surface area contributed by atoms with Gasteiger partial charge in [-0.3, -0.25) is 9.59 Å². The van der Waals surface area contributed by atoms with Crippen LogP contribution in [0.15, 0.2) is 66.7 Å². The Kier molecular flexibility index (Phi) is 5.31. The SMILES string of the molecule is NC(=O)c1cccc(C(N)=O)c1-c1ccccc1CCc1ccccc1F. The fraction of sp³-hybridized carbons (Fsp3) is 0.0909. The van der Waals surface area contributed by atoms with E-state index in [-0.39, 0.29) is 16.9 Å². The van der Waals surface area contributed by atoms with Gasteiger partial charge in [0.1, 0.15) is 5.82 Å². The van der Waals surface area contributed by atoms with E-state index in [1.807, 2.05) is 24.3 Å². The highest BCUT2D eigenvalue weighted by molar-refractivity contribution is 6.08. The predicted octanol–water partition coefficient (Wildman–Crippen LogP) is 3.48. The molecule has 0 spiro atoms. The second-order valence-corrected chi connectivity index (χ2v) is 6.21. The minimum absolute atomic E-state index is 0.227. The van der Waals surface area contributed by atoms with Crippen molar-refractivity contribution in [3.63, 3.8) is 0 Å². The molecule has 0 unspecified atom stereocenters. The summed E-state index contributed by atoms with van der Waals surface area (Å²) in [6, 6.07) is 18.7. The first-order chi connectivity index (χ1) is 13.0. The molecule has 0 aliphatic heterocycles. The third kappa shape index (κ3) is 3.87. The van der Waals surface area contributed by atoms with E-state index in [0.29, 0.717) is 29.5 Å². The molecule has 3 aromatic carbocycles. The lowest BCUT2D eigenvalue weighted by Crippen LogP contribution is -2.18. The Morgan fingerprint density at radius 2 is 1.22 bits per heavy atom. The molecule has 136 valence electrons. The van der Waals surface area contributed by atoms with Crippen LogP contribution in [0.2, 0.25) is 0 Å². The topological polar surface area (TPSA) is 86.2 Å². The van der Waals surface area contributed by atoms with Crippen LogP contribution in [0, 0.1) is 5.82 Å². The van der Waals surface area contributed by atoms with Crippen LogP contribution in [0.5, 0.6) is 0 Å². The highest BCUT2D eigenvalue weighted by Crippen LogP contribution is 2.31. The van der Waals surface area contributed by atoms with Gasteiger partial charge in [0.25, 0.3) is 0 Å². The lowest BCUT2D eigenvalue weighted by atomic mass is 9.88. The normalized spacial score (nSPS) is 10.6. The molecule has 5 heteroatoms. The summed E-state index contributed by atoms with van der Waals surface area (Å²) in [5, 5.41) is 0. The molecule has 0 radical (unpaired) electrons. The summed E-state index contributed by atoms with van der Waals surface area (Å²) in [6.45, 7) is 0. The molecule has 0 aliphatic rings. The highest BCUT2D eigenvalue weighted by atomic mass is 19.1. The van der Waals surface area contributed by atoms with E-state index in [1.54, 1.807) is 36.4 Å². The largest absolute Gasteiger partial charge is 0.366 e. The van der Waals surface area contributed by atoms with Gasteiger partial charge >= 0.3 is 0 Å². The number of rotatable bonds is 6. The Morgan fingerprint density at radius 1 is 0.704 bits per heavy atom. The van der Waals surface area contributed by atoms with Gasteiger partial charge in [-0.2, -0.15) is 0 Å². The van der Waals surface area contributed by atoms with Crippen molar-refractivity contribution >= 4 is 11.8 Å². The molecule has 0 fully saturated rings. The molecule has 0 atom stereocenters. The van der Waals surface area contributed by atoms with Crippen LogP contribution in [-0.4, -0.2) is 11.8 Å². The van der Waals surface area contributed by atoms with Gasteiger partial charge in [0.05, 0.1) is 0 Å². The molecule has 0 aliphatic carbocycles. The minimum atomic E-state index is -0.642. The molecule has 4 N–H and O–H groups in total. The number of aryl methyl sites for hydroxylation is 2. The average Bonchev–Trinajstić information content (AvgIpc) is 2.67. The molecule has 0 saturated heterocycles. The van der Waals surface area contributed by atoms with Gasteiger partial charge in [0, 0.05) is 16.7 Å². The zero-order valence-corrected chi connectivity index (χ0v) is 14.6. The molecule has 3 aromatic rings. The standard InChI is InChI=1S/C22H19FN2O2/c23-19-11-4-2-7-15(19)13-12-14-6-1-3-8-16(14)20-17(21(24)26)9-5-10-18(20)22(25)27/h1-11H,12-13H2,(H2,24,26)(H2,25,27). The quantitative estimate of drug-likeness (QED) is 0.703. The van der Waals surface area contributed by atoms with Crippen LogP contribution in [-0.2, 0) is 12.8 Å². The van der Waals surface area contributed by atoms with Crippen LogP contribution in [0.3, 0.4) is 0 Å². The van der Waals surface area contributed by atoms with Crippen molar-refractivity contribution in [2.45, 2.75) is 12.8 Å². The molecular formula is C22H19FN2O2. The number of carbonyl (C=O) groups excluding carboxylic acids is 2. The van der Waals surface area contributed by atoms with E-state index < -0.39 is 11.8 Å². The van der Waals surface area contributed by atoms with Crippen LogP contribution in [0.4, 0.5) is 4.39 Å². The number of primary amides is 2. The fourth-order valence-electron chi connectivity index (χ4n) is 3.21. The highest BCUT2D eigenvalue weighted by Gasteiger charge is 2.19. The number of halogens is 1. The maximum absolute atomic E-state index is 13.9. The summed E-state index contributed by atoms with van der Waals surface area (Å²) in [7, 11) is 0. The summed E-state index contributed by atoms with van der Waals surface area (Å²) >= 11 is 0. The number of hydrogen-bond donors (Lipinski definition) is 2. The Bertz CT molecular complexity index is 982. The van der Waals surface area contributed by atoms with E-state index >= 15 is 0 Å². The molecular weight excluding hydrogens is 343 g/mol. The zero-order chi connectivity index (χ0) is 19.4. The summed E-state index contributed by atoms with van der Waals surface area (Å²) in [5.74, 6) is -1.54. The summed E-state index contributed by atoms with van der Waals surface area (Å²) < 4.78 is 13.9. The van der Waals surface area contributed by atoms with Crippen molar-refractivity contribution in [1.29, 1.82) is 0 Å². The van der Waals surface area contributed by atoms with Gasteiger partial charge in [-0.25, -0.2) is 4.39 Å². The number of hydrogen-bond acceptors (Lipinski definition) is 2. The van der Waals surface area contributed by atoms with E-state index in [9.17, 15) is 14.0 Å². The van der Waals surface area contributed by atoms with Crippen LogP contribution >= 0.6 is 0 Å². The van der Waals surface area contributed by atoms with Crippen molar-refractivity contribution in [1.82, 2.24) is 0 Å². The Labute approximate surface area is 156 Å². The van der Waals surface area contributed by atoms with Crippen LogP contribution in [0.1, 0.15) is 31.8 Å². The average molecular weight is 362 g/mol. The van der Waals surface area contributed by atoms with Crippen molar-refractivity contribution in [3.05, 3.63) is 94.8 Å². The molecule has 0 heterocycles. The molecule has 0 saturated carbocycles. The van der Waals surface area contributed by atoms with E-state index in [1.165, 1.54) is 6.07 Å². The van der Waals surface area contributed by atoms with Crippen LogP contribution < -0.4 is 11.5 Å². The van der Waals surface area contributed by atoms with Crippen molar-refractivity contribution in [3.8, 4) is 11.1 Å². The Morgan fingerprint density at radius 3 is 1.81 bits per heavy atom. The fourth-order valence-corrected chi connectivity index (χ4v) is 3.21. The third-order valence-corrected chi connectivity index (χ3v) is 4.50. The lowest BCUT2D eigenvalue weighted by molar-refractivity contribution is 0.0999. The van der Waals surface area contributed by atoms with Gasteiger partial charge in [-0.15, -0.1) is 0 Å². The van der Waals surface area contributed by atoms with Crippen molar-refractivity contribution in [2.75, 3.05) is 0 Å². The van der Waals surface area contributed by atoms with Crippen LogP contribution in [0.25, 0.3) is 11.1 Å². The Hall–Kier alpha value is -3.47. The second-order valence-electron chi connectivity index (χ2n) is 6.21. The number of benzene rings is 3. The van der Waals surface area contributed by atoms with Crippen molar-refractivity contribution < 1.29 is 14.0 Å². The maximum Gasteiger partial charge on any atom is 0.249 e. The summed E-state index contributed by atoms with van der Waals surface area (Å²) in [4.78, 5) is 23.9. The first-order valence-corrected chi connectivity index (χ1v) is 8.53. The predicted molar refractivity (Wildman–Crippen MR) is 103 cm³/mol. The lowest BCUT2D eigenvalue weighted by Gasteiger charge is -2.15. The smallest absolute Gasteiger partial charge is 0.249 e. The molecule has 2 amide bonds. The zero-order valence-electron chi connectivity index (χ0n) is 14.6. The third-order valence-electron chi connectivity index (χ3n) is 4.50. The second kappa shape index (κ2) is 7.83. The number of carbonyl (C=O) groups is 2. The van der Waals surface area contributed by atoms with E-state index in [0.717, 1.165) is 5.56 Å². The summed E-state index contributed by atoms with van der Waals surface area (Å²) in [5.41, 5.74) is 14.1. The maximum atomic E-state index is 13.9. The molecule has 27 heavy (non-hydrogen) atoms. The van der Waals surface area contributed by atoms with Gasteiger partial charge in [0.2, 0.25) is 11.8 Å². The van der Waals surface area contributed by atoms with Gasteiger partial charge in [0.15, 0.2) is 0 Å². The van der Waals surface area contributed by atoms with E-state index in [4.69, 9.17) is 11.5 Å². The number of amides is 2. The first-order valence-electron chi connectivity index (χ1n) is 8.53. The molecule has 3 rings (SSSR count). The summed E-state index contributed by atoms with van der Waals surface area (Å²) in [6.07, 6.45) is 1.01. The van der Waals surface area contributed by atoms with Gasteiger partial charge in [-0.05, 0) is 47.7 Å².